The lowest BCUT2D eigenvalue weighted by molar-refractivity contribution is -0.140. The van der Waals surface area contributed by atoms with Crippen molar-refractivity contribution in [1.29, 1.82) is 0 Å². The van der Waals surface area contributed by atoms with Crippen molar-refractivity contribution in [2.24, 2.45) is 0 Å². The van der Waals surface area contributed by atoms with Gasteiger partial charge in [-0.05, 0) is 54.8 Å². The SMILES string of the molecule is CC[C@H](C)NC(=O)[C@@H](Cc1ccccc1)N(Cc1cccc(Cl)c1)C(=O)CN(c1cc(Cl)cc(Cl)c1)S(C)(=O)=O. The molecule has 40 heavy (non-hydrogen) atoms. The summed E-state index contributed by atoms with van der Waals surface area (Å²) in [6.45, 7) is 3.29. The first kappa shape index (κ1) is 31.7. The normalized spacial score (nSPS) is 12.8. The lowest BCUT2D eigenvalue weighted by Gasteiger charge is -2.34. The van der Waals surface area contributed by atoms with Crippen molar-refractivity contribution in [2.75, 3.05) is 17.1 Å². The molecule has 2 atom stereocenters. The molecule has 0 aliphatic carbocycles. The van der Waals surface area contributed by atoms with E-state index in [0.29, 0.717) is 17.0 Å². The van der Waals surface area contributed by atoms with Crippen LogP contribution in [0.4, 0.5) is 5.69 Å². The highest BCUT2D eigenvalue weighted by Crippen LogP contribution is 2.28. The van der Waals surface area contributed by atoms with Crippen molar-refractivity contribution in [3.8, 4) is 0 Å². The number of benzene rings is 3. The quantitative estimate of drug-likeness (QED) is 0.269. The van der Waals surface area contributed by atoms with Gasteiger partial charge in [-0.1, -0.05) is 84.2 Å². The fourth-order valence-electron chi connectivity index (χ4n) is 4.12. The summed E-state index contributed by atoms with van der Waals surface area (Å²) in [5, 5.41) is 3.89. The van der Waals surface area contributed by atoms with Crippen LogP contribution in [0.1, 0.15) is 31.4 Å². The number of anilines is 1. The van der Waals surface area contributed by atoms with Crippen molar-refractivity contribution in [3.05, 3.63) is 99.0 Å². The molecule has 0 bridgehead atoms. The topological polar surface area (TPSA) is 86.8 Å². The summed E-state index contributed by atoms with van der Waals surface area (Å²) in [5.41, 5.74) is 1.67. The monoisotopic (exact) mass is 623 g/mol. The van der Waals surface area contributed by atoms with E-state index in [4.69, 9.17) is 34.8 Å². The third-order valence-corrected chi connectivity index (χ3v) is 8.14. The average Bonchev–Trinajstić information content (AvgIpc) is 2.88. The molecule has 0 unspecified atom stereocenters. The minimum Gasteiger partial charge on any atom is -0.352 e. The van der Waals surface area contributed by atoms with Crippen molar-refractivity contribution in [2.45, 2.75) is 45.3 Å². The molecule has 11 heteroatoms. The highest BCUT2D eigenvalue weighted by Gasteiger charge is 2.33. The number of carbonyl (C=O) groups excluding carboxylic acids is 2. The van der Waals surface area contributed by atoms with Crippen molar-refractivity contribution in [3.63, 3.8) is 0 Å². The van der Waals surface area contributed by atoms with Gasteiger partial charge in [-0.25, -0.2) is 8.42 Å². The Kier molecular flexibility index (Phi) is 11.3. The Morgan fingerprint density at radius 3 is 2.08 bits per heavy atom. The second-order valence-corrected chi connectivity index (χ2v) is 12.8. The molecule has 3 aromatic carbocycles. The van der Waals surface area contributed by atoms with Gasteiger partial charge in [0.1, 0.15) is 12.6 Å². The molecule has 0 fully saturated rings. The predicted molar refractivity (Wildman–Crippen MR) is 162 cm³/mol. The lowest BCUT2D eigenvalue weighted by Crippen LogP contribution is -2.54. The fraction of sp³-hybridized carbons (Fsp3) is 0.310. The van der Waals surface area contributed by atoms with Crippen LogP contribution in [-0.2, 0) is 32.6 Å². The van der Waals surface area contributed by atoms with Crippen molar-refractivity contribution < 1.29 is 18.0 Å². The Labute approximate surface area is 251 Å². The maximum Gasteiger partial charge on any atom is 0.244 e. The molecule has 214 valence electrons. The molecule has 0 saturated heterocycles. The Hall–Kier alpha value is -2.78. The summed E-state index contributed by atoms with van der Waals surface area (Å²) in [6.07, 6.45) is 1.91. The maximum absolute atomic E-state index is 14.1. The summed E-state index contributed by atoms with van der Waals surface area (Å²) in [7, 11) is -3.94. The standard InChI is InChI=1S/C29H32Cl3N3O4S/c1-4-20(2)33-29(37)27(14-21-9-6-5-7-10-21)34(18-22-11-8-12-23(30)13-22)28(36)19-35(40(3,38)39)26-16-24(31)15-25(32)17-26/h5-13,15-17,20,27H,4,14,18-19H2,1-3H3,(H,33,37)/t20-,27+/m0/s1. The van der Waals surface area contributed by atoms with Gasteiger partial charge in [0.25, 0.3) is 0 Å². The molecule has 0 heterocycles. The number of sulfonamides is 1. The molecular weight excluding hydrogens is 593 g/mol. The zero-order valence-electron chi connectivity index (χ0n) is 22.5. The predicted octanol–water partition coefficient (Wildman–Crippen LogP) is 5.97. The number of nitrogens with zero attached hydrogens (tertiary/aromatic N) is 2. The van der Waals surface area contributed by atoms with Crippen LogP contribution in [0, 0.1) is 0 Å². The van der Waals surface area contributed by atoms with E-state index in [2.05, 4.69) is 5.32 Å². The van der Waals surface area contributed by atoms with Crippen molar-refractivity contribution >= 4 is 62.3 Å². The molecule has 2 amide bonds. The molecule has 0 aliphatic rings. The molecule has 0 saturated carbocycles. The highest BCUT2D eigenvalue weighted by atomic mass is 35.5. The Morgan fingerprint density at radius 1 is 0.875 bits per heavy atom. The van der Waals surface area contributed by atoms with Gasteiger partial charge in [0.05, 0.1) is 11.9 Å². The van der Waals surface area contributed by atoms with Gasteiger partial charge in [0.2, 0.25) is 21.8 Å². The molecule has 1 N–H and O–H groups in total. The first-order valence-corrected chi connectivity index (χ1v) is 15.7. The summed E-state index contributed by atoms with van der Waals surface area (Å²) in [6, 6.07) is 19.5. The van der Waals surface area contributed by atoms with E-state index < -0.39 is 28.5 Å². The minimum atomic E-state index is -3.94. The number of nitrogens with one attached hydrogen (secondary N) is 1. The molecule has 3 aromatic rings. The van der Waals surface area contributed by atoms with Crippen LogP contribution >= 0.6 is 34.8 Å². The smallest absolute Gasteiger partial charge is 0.244 e. The number of halogens is 3. The average molecular weight is 625 g/mol. The summed E-state index contributed by atoms with van der Waals surface area (Å²) in [5.74, 6) is -0.924. The van der Waals surface area contributed by atoms with Gasteiger partial charge in [-0.15, -0.1) is 0 Å². The van der Waals surface area contributed by atoms with Crippen LogP contribution in [0.3, 0.4) is 0 Å². The van der Waals surface area contributed by atoms with Crippen LogP contribution in [0.5, 0.6) is 0 Å². The summed E-state index contributed by atoms with van der Waals surface area (Å²) < 4.78 is 26.7. The fourth-order valence-corrected chi connectivity index (χ4v) is 5.68. The van der Waals surface area contributed by atoms with E-state index in [1.54, 1.807) is 24.3 Å². The van der Waals surface area contributed by atoms with E-state index in [-0.39, 0.29) is 40.6 Å². The van der Waals surface area contributed by atoms with Crippen LogP contribution < -0.4 is 9.62 Å². The van der Waals surface area contributed by atoms with Crippen molar-refractivity contribution in [1.82, 2.24) is 10.2 Å². The van der Waals surface area contributed by atoms with Crippen LogP contribution in [0.15, 0.2) is 72.8 Å². The molecule has 0 aliphatic heterocycles. The minimum absolute atomic E-state index is 0.0265. The van der Waals surface area contributed by atoms with E-state index in [0.717, 1.165) is 16.1 Å². The first-order valence-electron chi connectivity index (χ1n) is 12.7. The molecule has 0 aromatic heterocycles. The van der Waals surface area contributed by atoms with Gasteiger partial charge in [0, 0.05) is 34.1 Å². The molecular formula is C29H32Cl3N3O4S. The van der Waals surface area contributed by atoms with Gasteiger partial charge < -0.3 is 10.2 Å². The van der Waals surface area contributed by atoms with E-state index in [1.165, 1.54) is 23.1 Å². The Balaban J connectivity index is 2.08. The summed E-state index contributed by atoms with van der Waals surface area (Å²) in [4.78, 5) is 29.1. The van der Waals surface area contributed by atoms with Gasteiger partial charge in [0.15, 0.2) is 0 Å². The van der Waals surface area contributed by atoms with Gasteiger partial charge in [-0.2, -0.15) is 0 Å². The van der Waals surface area contributed by atoms with Crippen LogP contribution in [-0.4, -0.2) is 50.0 Å². The molecule has 0 radical (unpaired) electrons. The highest BCUT2D eigenvalue weighted by molar-refractivity contribution is 7.92. The second-order valence-electron chi connectivity index (χ2n) is 9.57. The molecule has 3 rings (SSSR count). The second kappa shape index (κ2) is 14.2. The lowest BCUT2D eigenvalue weighted by atomic mass is 10.0. The number of rotatable bonds is 12. The van der Waals surface area contributed by atoms with Crippen LogP contribution in [0.2, 0.25) is 15.1 Å². The van der Waals surface area contributed by atoms with E-state index in [9.17, 15) is 18.0 Å². The first-order chi connectivity index (χ1) is 18.9. The third kappa shape index (κ3) is 9.13. The van der Waals surface area contributed by atoms with Gasteiger partial charge in [-0.3, -0.25) is 13.9 Å². The zero-order valence-corrected chi connectivity index (χ0v) is 25.6. The Bertz CT molecular complexity index is 1420. The number of amides is 2. The third-order valence-electron chi connectivity index (χ3n) is 6.33. The maximum atomic E-state index is 14.1. The number of hydrogen-bond acceptors (Lipinski definition) is 4. The largest absolute Gasteiger partial charge is 0.352 e. The number of carbonyl (C=O) groups is 2. The van der Waals surface area contributed by atoms with E-state index in [1.807, 2.05) is 44.2 Å². The molecule has 0 spiro atoms. The zero-order chi connectivity index (χ0) is 29.4. The van der Waals surface area contributed by atoms with Gasteiger partial charge >= 0.3 is 0 Å². The Morgan fingerprint density at radius 2 is 1.50 bits per heavy atom. The number of hydrogen-bond donors (Lipinski definition) is 1. The van der Waals surface area contributed by atoms with Crippen LogP contribution in [0.25, 0.3) is 0 Å². The van der Waals surface area contributed by atoms with E-state index >= 15 is 0 Å². The molecule has 7 nitrogen and oxygen atoms in total. The summed E-state index contributed by atoms with van der Waals surface area (Å²) >= 11 is 18.5.